The van der Waals surface area contributed by atoms with Gasteiger partial charge in [0, 0.05) is 23.5 Å². The highest BCUT2D eigenvalue weighted by Gasteiger charge is 2.27. The lowest BCUT2D eigenvalue weighted by molar-refractivity contribution is 0.102. The van der Waals surface area contributed by atoms with E-state index in [4.69, 9.17) is 4.74 Å². The van der Waals surface area contributed by atoms with E-state index < -0.39 is 0 Å². The highest BCUT2D eigenvalue weighted by atomic mass is 19.1. The molecule has 0 bridgehead atoms. The average Bonchev–Trinajstić information content (AvgIpc) is 3.36. The molecule has 1 amide bonds. The van der Waals surface area contributed by atoms with E-state index in [1.165, 1.54) is 6.07 Å². The summed E-state index contributed by atoms with van der Waals surface area (Å²) < 4.78 is 21.6. The van der Waals surface area contributed by atoms with Crippen LogP contribution in [0.4, 0.5) is 10.1 Å². The molecular weight excluding hydrogens is 395 g/mol. The van der Waals surface area contributed by atoms with Crippen molar-refractivity contribution in [3.8, 4) is 11.4 Å². The summed E-state index contributed by atoms with van der Waals surface area (Å²) in [6.45, 7) is 1.61. The van der Waals surface area contributed by atoms with Crippen molar-refractivity contribution in [2.75, 3.05) is 32.6 Å². The summed E-state index contributed by atoms with van der Waals surface area (Å²) in [7, 11) is 4.07. The second-order valence-electron chi connectivity index (χ2n) is 7.97. The standard InChI is InChI=1S/C24H27FN4O2/c1-28(2)15-6-16-31-18-13-11-17(12-14-18)26-24(30)23-19-7-5-10-21(19)29(27-23)22-9-4-3-8-20(22)25/h3-4,8-9,11-14H,5-7,10,15-16H2,1-2H3,(H,26,30). The Labute approximate surface area is 181 Å². The van der Waals surface area contributed by atoms with Gasteiger partial charge >= 0.3 is 0 Å². The third-order valence-electron chi connectivity index (χ3n) is 5.36. The number of carbonyl (C=O) groups is 1. The Morgan fingerprint density at radius 1 is 1.16 bits per heavy atom. The molecule has 0 saturated carbocycles. The molecule has 1 aliphatic carbocycles. The van der Waals surface area contributed by atoms with Crippen molar-refractivity contribution >= 4 is 11.6 Å². The van der Waals surface area contributed by atoms with Gasteiger partial charge in [-0.2, -0.15) is 5.10 Å². The number of rotatable bonds is 8. The van der Waals surface area contributed by atoms with Crippen molar-refractivity contribution in [3.05, 3.63) is 71.3 Å². The maximum atomic E-state index is 14.3. The molecule has 4 rings (SSSR count). The predicted octanol–water partition coefficient (Wildman–Crippen LogP) is 4.08. The number of hydrogen-bond acceptors (Lipinski definition) is 4. The Morgan fingerprint density at radius 2 is 1.94 bits per heavy atom. The molecule has 1 aliphatic rings. The highest BCUT2D eigenvalue weighted by molar-refractivity contribution is 6.04. The Balaban J connectivity index is 1.46. The van der Waals surface area contributed by atoms with Crippen molar-refractivity contribution in [3.63, 3.8) is 0 Å². The number of hydrogen-bond donors (Lipinski definition) is 1. The van der Waals surface area contributed by atoms with Crippen LogP contribution >= 0.6 is 0 Å². The number of fused-ring (bicyclic) bond motifs is 1. The quantitative estimate of drug-likeness (QED) is 0.556. The molecule has 3 aromatic rings. The molecule has 0 fully saturated rings. The molecule has 0 unspecified atom stereocenters. The number of nitrogens with zero attached hydrogens (tertiary/aromatic N) is 3. The van der Waals surface area contributed by atoms with Gasteiger partial charge in [-0.05, 0) is 76.2 Å². The fraction of sp³-hybridized carbons (Fsp3) is 0.333. The maximum Gasteiger partial charge on any atom is 0.276 e. The van der Waals surface area contributed by atoms with Gasteiger partial charge < -0.3 is 15.0 Å². The molecular formula is C24H27FN4O2. The van der Waals surface area contributed by atoms with Crippen molar-refractivity contribution in [2.45, 2.75) is 25.7 Å². The van der Waals surface area contributed by atoms with Gasteiger partial charge in [0.25, 0.3) is 5.91 Å². The zero-order valence-corrected chi connectivity index (χ0v) is 17.9. The number of carbonyl (C=O) groups excluding carboxylic acids is 1. The number of aromatic nitrogens is 2. The Kier molecular flexibility index (Phi) is 6.32. The molecule has 0 spiro atoms. The van der Waals surface area contributed by atoms with Gasteiger partial charge in [-0.3, -0.25) is 4.79 Å². The van der Waals surface area contributed by atoms with Gasteiger partial charge in [-0.1, -0.05) is 12.1 Å². The van der Waals surface area contributed by atoms with Gasteiger partial charge in [0.15, 0.2) is 5.69 Å². The maximum absolute atomic E-state index is 14.3. The molecule has 1 N–H and O–H groups in total. The van der Waals surface area contributed by atoms with Crippen LogP contribution < -0.4 is 10.1 Å². The van der Waals surface area contributed by atoms with Crippen LogP contribution in [0.3, 0.4) is 0 Å². The first-order valence-corrected chi connectivity index (χ1v) is 10.6. The molecule has 162 valence electrons. The van der Waals surface area contributed by atoms with Gasteiger partial charge in [0.2, 0.25) is 0 Å². The molecule has 31 heavy (non-hydrogen) atoms. The van der Waals surface area contributed by atoms with Crippen LogP contribution in [0, 0.1) is 5.82 Å². The number of benzene rings is 2. The first-order valence-electron chi connectivity index (χ1n) is 10.6. The molecule has 2 aromatic carbocycles. The monoisotopic (exact) mass is 422 g/mol. The van der Waals surface area contributed by atoms with E-state index in [-0.39, 0.29) is 11.7 Å². The lowest BCUT2D eigenvalue weighted by Gasteiger charge is -2.11. The van der Waals surface area contributed by atoms with Crippen LogP contribution in [0.1, 0.15) is 34.6 Å². The zero-order valence-electron chi connectivity index (χ0n) is 17.9. The van der Waals surface area contributed by atoms with Gasteiger partial charge in [0.05, 0.1) is 6.61 Å². The second kappa shape index (κ2) is 9.31. The van der Waals surface area contributed by atoms with Gasteiger partial charge in [0.1, 0.15) is 17.3 Å². The van der Waals surface area contributed by atoms with E-state index in [1.54, 1.807) is 22.9 Å². The number of amides is 1. The summed E-state index contributed by atoms with van der Waals surface area (Å²) in [4.78, 5) is 15.1. The third-order valence-corrected chi connectivity index (χ3v) is 5.36. The smallest absolute Gasteiger partial charge is 0.276 e. The Hall–Kier alpha value is -3.19. The van der Waals surface area contributed by atoms with Crippen LogP contribution in [0.15, 0.2) is 48.5 Å². The molecule has 1 heterocycles. The summed E-state index contributed by atoms with van der Waals surface area (Å²) in [5, 5.41) is 7.38. The molecule has 7 heteroatoms. The molecule has 0 radical (unpaired) electrons. The topological polar surface area (TPSA) is 59.4 Å². The predicted molar refractivity (Wildman–Crippen MR) is 119 cm³/mol. The number of para-hydroxylation sites is 1. The molecule has 6 nitrogen and oxygen atoms in total. The molecule has 0 atom stereocenters. The van der Waals surface area contributed by atoms with Crippen molar-refractivity contribution in [2.24, 2.45) is 0 Å². The number of nitrogens with one attached hydrogen (secondary N) is 1. The normalized spacial score (nSPS) is 12.8. The van der Waals surface area contributed by atoms with Gasteiger partial charge in [-0.25, -0.2) is 9.07 Å². The first-order chi connectivity index (χ1) is 15.0. The van der Waals surface area contributed by atoms with E-state index in [9.17, 15) is 9.18 Å². The average molecular weight is 423 g/mol. The van der Waals surface area contributed by atoms with Crippen molar-refractivity contribution < 1.29 is 13.9 Å². The molecule has 1 aromatic heterocycles. The van der Waals surface area contributed by atoms with Crippen molar-refractivity contribution in [1.29, 1.82) is 0 Å². The van der Waals surface area contributed by atoms with Crippen LogP contribution in [-0.2, 0) is 12.8 Å². The lowest BCUT2D eigenvalue weighted by atomic mass is 10.2. The summed E-state index contributed by atoms with van der Waals surface area (Å²) in [5.74, 6) is 0.127. The van der Waals surface area contributed by atoms with E-state index in [0.29, 0.717) is 23.7 Å². The second-order valence-corrected chi connectivity index (χ2v) is 7.97. The number of anilines is 1. The van der Waals surface area contributed by atoms with Crippen LogP contribution in [0.5, 0.6) is 5.75 Å². The van der Waals surface area contributed by atoms with E-state index in [0.717, 1.165) is 49.2 Å². The number of halogens is 1. The summed E-state index contributed by atoms with van der Waals surface area (Å²) in [6.07, 6.45) is 3.43. The van der Waals surface area contributed by atoms with Gasteiger partial charge in [-0.15, -0.1) is 0 Å². The molecule has 0 saturated heterocycles. The zero-order chi connectivity index (χ0) is 21.8. The summed E-state index contributed by atoms with van der Waals surface area (Å²) >= 11 is 0. The summed E-state index contributed by atoms with van der Waals surface area (Å²) in [5.41, 5.74) is 3.21. The SMILES string of the molecule is CN(C)CCCOc1ccc(NC(=O)c2nn(-c3ccccc3F)c3c2CCC3)cc1. The first kappa shape index (κ1) is 21.1. The molecule has 0 aliphatic heterocycles. The minimum atomic E-state index is -0.354. The van der Waals surface area contributed by atoms with E-state index in [2.05, 4.69) is 15.3 Å². The lowest BCUT2D eigenvalue weighted by Crippen LogP contribution is -2.16. The van der Waals surface area contributed by atoms with Crippen LogP contribution in [-0.4, -0.2) is 47.8 Å². The summed E-state index contributed by atoms with van der Waals surface area (Å²) in [6, 6.07) is 13.8. The largest absolute Gasteiger partial charge is 0.494 e. The Bertz CT molecular complexity index is 1060. The van der Waals surface area contributed by atoms with E-state index in [1.807, 2.05) is 38.4 Å². The fourth-order valence-electron chi connectivity index (χ4n) is 3.84. The highest BCUT2D eigenvalue weighted by Crippen LogP contribution is 2.29. The number of ether oxygens (including phenoxy) is 1. The Morgan fingerprint density at radius 3 is 2.68 bits per heavy atom. The van der Waals surface area contributed by atoms with Crippen LogP contribution in [0.25, 0.3) is 5.69 Å². The minimum Gasteiger partial charge on any atom is -0.494 e. The van der Waals surface area contributed by atoms with Crippen molar-refractivity contribution in [1.82, 2.24) is 14.7 Å². The van der Waals surface area contributed by atoms with Crippen LogP contribution in [0.2, 0.25) is 0 Å². The minimum absolute atomic E-state index is 0.284. The van der Waals surface area contributed by atoms with E-state index >= 15 is 0 Å². The fourth-order valence-corrected chi connectivity index (χ4v) is 3.84. The third kappa shape index (κ3) is 4.77.